The van der Waals surface area contributed by atoms with Crippen LogP contribution in [0.15, 0.2) is 18.3 Å². The number of halogens is 3. The number of aromatic nitrogens is 1. The van der Waals surface area contributed by atoms with Gasteiger partial charge in [-0.3, -0.25) is 0 Å². The number of hydrogen-bond acceptors (Lipinski definition) is 3. The molecule has 0 radical (unpaired) electrons. The fourth-order valence-electron chi connectivity index (χ4n) is 0.600. The first kappa shape index (κ1) is 9.85. The van der Waals surface area contributed by atoms with E-state index in [0.29, 0.717) is 0 Å². The Kier molecular flexibility index (Phi) is 3.13. The van der Waals surface area contributed by atoms with Gasteiger partial charge in [0, 0.05) is 6.20 Å². The number of hydrogen-bond donors (Lipinski definition) is 0. The lowest BCUT2D eigenvalue weighted by Crippen LogP contribution is -2.17. The van der Waals surface area contributed by atoms with Gasteiger partial charge in [-0.1, -0.05) is 11.6 Å². The van der Waals surface area contributed by atoms with Crippen LogP contribution in [0.5, 0.6) is 5.75 Å². The lowest BCUT2D eigenvalue weighted by Gasteiger charge is -2.03. The number of rotatable bonds is 2. The second-order valence-corrected chi connectivity index (χ2v) is 2.37. The number of alkyl halides is 2. The maximum atomic E-state index is 11.7. The van der Waals surface area contributed by atoms with Gasteiger partial charge in [-0.05, 0) is 12.1 Å². The highest BCUT2D eigenvalue weighted by Crippen LogP contribution is 2.20. The molecule has 0 N–H and O–H groups in total. The van der Waals surface area contributed by atoms with Crippen LogP contribution in [0.2, 0.25) is 5.15 Å². The van der Waals surface area contributed by atoms with Gasteiger partial charge in [-0.25, -0.2) is 9.78 Å². The predicted molar refractivity (Wildman–Crippen MR) is 40.9 cm³/mol. The van der Waals surface area contributed by atoms with Gasteiger partial charge in [-0.15, -0.1) is 0 Å². The SMILES string of the molecule is O=C(Oc1cccnc1Cl)C(F)F. The summed E-state index contributed by atoms with van der Waals surface area (Å²) in [7, 11) is 0. The van der Waals surface area contributed by atoms with E-state index in [-0.39, 0.29) is 10.9 Å². The molecule has 0 amide bonds. The lowest BCUT2D eigenvalue weighted by molar-refractivity contribution is -0.146. The Morgan fingerprint density at radius 3 is 2.85 bits per heavy atom. The van der Waals surface area contributed by atoms with Crippen molar-refractivity contribution >= 4 is 17.6 Å². The van der Waals surface area contributed by atoms with Crippen molar-refractivity contribution in [1.29, 1.82) is 0 Å². The summed E-state index contributed by atoms with van der Waals surface area (Å²) in [5.41, 5.74) is 0. The van der Waals surface area contributed by atoms with Crippen molar-refractivity contribution in [2.24, 2.45) is 0 Å². The van der Waals surface area contributed by atoms with E-state index >= 15 is 0 Å². The van der Waals surface area contributed by atoms with E-state index in [1.807, 2.05) is 0 Å². The Hall–Kier alpha value is -1.23. The lowest BCUT2D eigenvalue weighted by atomic mass is 10.5. The molecule has 0 fully saturated rings. The van der Waals surface area contributed by atoms with Gasteiger partial charge in [0.1, 0.15) is 0 Å². The molecule has 0 unspecified atom stereocenters. The molecule has 0 bridgehead atoms. The number of ether oxygens (including phenoxy) is 1. The highest BCUT2D eigenvalue weighted by molar-refractivity contribution is 6.30. The molecule has 6 heteroatoms. The second kappa shape index (κ2) is 4.13. The fourth-order valence-corrected chi connectivity index (χ4v) is 0.758. The first-order valence-electron chi connectivity index (χ1n) is 3.21. The third kappa shape index (κ3) is 2.62. The van der Waals surface area contributed by atoms with Gasteiger partial charge in [0.05, 0.1) is 0 Å². The van der Waals surface area contributed by atoms with Crippen LogP contribution in [-0.4, -0.2) is 17.4 Å². The van der Waals surface area contributed by atoms with E-state index in [2.05, 4.69) is 9.72 Å². The number of carbonyl (C=O) groups excluding carboxylic acids is 1. The van der Waals surface area contributed by atoms with Crippen molar-refractivity contribution in [3.05, 3.63) is 23.5 Å². The smallest absolute Gasteiger partial charge is 0.379 e. The van der Waals surface area contributed by atoms with Gasteiger partial charge in [-0.2, -0.15) is 8.78 Å². The summed E-state index contributed by atoms with van der Waals surface area (Å²) in [5, 5.41) is -0.128. The highest BCUT2D eigenvalue weighted by atomic mass is 35.5. The molecule has 70 valence electrons. The summed E-state index contributed by atoms with van der Waals surface area (Å²) in [6.07, 6.45) is -1.82. The summed E-state index contributed by atoms with van der Waals surface area (Å²) in [4.78, 5) is 13.9. The molecule has 0 aromatic carbocycles. The zero-order valence-electron chi connectivity index (χ0n) is 6.21. The Bertz CT molecular complexity index is 319. The van der Waals surface area contributed by atoms with Crippen LogP contribution < -0.4 is 4.74 Å². The Morgan fingerprint density at radius 2 is 2.31 bits per heavy atom. The van der Waals surface area contributed by atoms with Crippen molar-refractivity contribution in [2.45, 2.75) is 6.43 Å². The summed E-state index contributed by atoms with van der Waals surface area (Å²) in [6.45, 7) is 0. The summed E-state index contributed by atoms with van der Waals surface area (Å²) >= 11 is 5.44. The molecule has 0 aliphatic carbocycles. The molecule has 3 nitrogen and oxygen atoms in total. The molecule has 1 rings (SSSR count). The Balaban J connectivity index is 2.75. The molecule has 0 aliphatic rings. The molecule has 13 heavy (non-hydrogen) atoms. The quantitative estimate of drug-likeness (QED) is 0.549. The Morgan fingerprint density at radius 1 is 1.62 bits per heavy atom. The average molecular weight is 208 g/mol. The van der Waals surface area contributed by atoms with Crippen LogP contribution in [0, 0.1) is 0 Å². The highest BCUT2D eigenvalue weighted by Gasteiger charge is 2.19. The topological polar surface area (TPSA) is 39.2 Å². The van der Waals surface area contributed by atoms with Crippen molar-refractivity contribution in [1.82, 2.24) is 4.98 Å². The number of nitrogens with zero attached hydrogens (tertiary/aromatic N) is 1. The molecular weight excluding hydrogens is 204 g/mol. The van der Waals surface area contributed by atoms with Crippen molar-refractivity contribution in [3.63, 3.8) is 0 Å². The van der Waals surface area contributed by atoms with Crippen LogP contribution in [0.4, 0.5) is 8.78 Å². The minimum absolute atomic E-state index is 0.128. The van der Waals surface area contributed by atoms with Crippen LogP contribution >= 0.6 is 11.6 Å². The fraction of sp³-hybridized carbons (Fsp3) is 0.143. The molecular formula is C7H4ClF2NO2. The maximum Gasteiger partial charge on any atom is 0.379 e. The molecule has 0 atom stereocenters. The number of pyridine rings is 1. The minimum atomic E-state index is -3.17. The molecule has 1 heterocycles. The van der Waals surface area contributed by atoms with Crippen molar-refractivity contribution in [2.75, 3.05) is 0 Å². The standard InChI is InChI=1S/C7H4ClF2NO2/c8-5-4(2-1-3-11-5)13-7(12)6(9)10/h1-3,6H. The summed E-state index contributed by atoms with van der Waals surface area (Å²) in [5.74, 6) is -1.82. The van der Waals surface area contributed by atoms with E-state index in [4.69, 9.17) is 11.6 Å². The van der Waals surface area contributed by atoms with Crippen LogP contribution in [0.3, 0.4) is 0 Å². The van der Waals surface area contributed by atoms with Gasteiger partial charge in [0.25, 0.3) is 0 Å². The first-order chi connectivity index (χ1) is 6.11. The minimum Gasteiger partial charge on any atom is -0.419 e. The zero-order valence-corrected chi connectivity index (χ0v) is 6.96. The third-order valence-corrected chi connectivity index (χ3v) is 1.40. The van der Waals surface area contributed by atoms with E-state index in [9.17, 15) is 13.6 Å². The second-order valence-electron chi connectivity index (χ2n) is 2.01. The normalized spacial score (nSPS) is 10.2. The molecule has 0 saturated heterocycles. The van der Waals surface area contributed by atoms with Gasteiger partial charge in [0.2, 0.25) is 0 Å². The molecule has 1 aromatic rings. The maximum absolute atomic E-state index is 11.7. The number of carbonyl (C=O) groups is 1. The Labute approximate surface area is 77.3 Å². The van der Waals surface area contributed by atoms with Gasteiger partial charge >= 0.3 is 12.4 Å². The predicted octanol–water partition coefficient (Wildman–Crippen LogP) is 1.91. The first-order valence-corrected chi connectivity index (χ1v) is 3.59. The van der Waals surface area contributed by atoms with E-state index in [0.717, 1.165) is 0 Å². The van der Waals surface area contributed by atoms with Crippen LogP contribution in [0.25, 0.3) is 0 Å². The van der Waals surface area contributed by atoms with Crippen LogP contribution in [0.1, 0.15) is 0 Å². The summed E-state index contributed by atoms with van der Waals surface area (Å²) in [6, 6.07) is 2.69. The molecule has 0 saturated carbocycles. The molecule has 0 aliphatic heterocycles. The van der Waals surface area contributed by atoms with E-state index in [1.165, 1.54) is 18.3 Å². The van der Waals surface area contributed by atoms with Crippen LogP contribution in [-0.2, 0) is 4.79 Å². The molecule has 1 aromatic heterocycles. The van der Waals surface area contributed by atoms with E-state index in [1.54, 1.807) is 0 Å². The molecule has 0 spiro atoms. The largest absolute Gasteiger partial charge is 0.419 e. The van der Waals surface area contributed by atoms with Gasteiger partial charge < -0.3 is 4.74 Å². The average Bonchev–Trinajstić information content (AvgIpc) is 2.08. The van der Waals surface area contributed by atoms with Crippen molar-refractivity contribution < 1.29 is 18.3 Å². The zero-order chi connectivity index (χ0) is 9.84. The number of esters is 1. The van der Waals surface area contributed by atoms with Crippen molar-refractivity contribution in [3.8, 4) is 5.75 Å². The third-order valence-electron chi connectivity index (χ3n) is 1.11. The van der Waals surface area contributed by atoms with E-state index < -0.39 is 12.4 Å². The van der Waals surface area contributed by atoms with Gasteiger partial charge in [0.15, 0.2) is 10.9 Å². The summed E-state index contributed by atoms with van der Waals surface area (Å²) < 4.78 is 27.6. The monoisotopic (exact) mass is 207 g/mol.